The number of nitrogens with one attached hydrogen (secondary N) is 2. The summed E-state index contributed by atoms with van der Waals surface area (Å²) < 4.78 is 1.33. The number of aromatic nitrogens is 2. The van der Waals surface area contributed by atoms with Gasteiger partial charge in [-0.15, -0.1) is 10.2 Å². The van der Waals surface area contributed by atoms with Crippen LogP contribution in [0.15, 0.2) is 18.9 Å². The van der Waals surface area contributed by atoms with E-state index in [-0.39, 0.29) is 22.3 Å². The van der Waals surface area contributed by atoms with Crippen LogP contribution in [0, 0.1) is 0 Å². The molecule has 0 aliphatic carbocycles. The Balaban J connectivity index is 2.55. The number of hydrazone groups is 2. The Morgan fingerprint density at radius 3 is 1.56 bits per heavy atom. The fourth-order valence-electron chi connectivity index (χ4n) is 1.22. The van der Waals surface area contributed by atoms with Crippen LogP contribution in [0.5, 0.6) is 0 Å². The zero-order valence-electron chi connectivity index (χ0n) is 15.0. The van der Waals surface area contributed by atoms with Crippen LogP contribution in [0.3, 0.4) is 0 Å². The minimum Gasteiger partial charge on any atom is -0.272 e. The average Bonchev–Trinajstić information content (AvgIpc) is 2.96. The van der Waals surface area contributed by atoms with Crippen LogP contribution in [0.4, 0.5) is 0 Å². The molecular formula is C14H22N6O2S3. The summed E-state index contributed by atoms with van der Waals surface area (Å²) in [5.41, 5.74) is 6.53. The fourth-order valence-corrected chi connectivity index (χ4v) is 4.51. The van der Waals surface area contributed by atoms with E-state index in [9.17, 15) is 9.59 Å². The number of thioether (sulfide) groups is 2. The van der Waals surface area contributed by atoms with Gasteiger partial charge in [0.25, 0.3) is 11.8 Å². The van der Waals surface area contributed by atoms with Gasteiger partial charge in [-0.3, -0.25) is 9.59 Å². The predicted molar refractivity (Wildman–Crippen MR) is 104 cm³/mol. The number of carbonyl (C=O) groups is 2. The van der Waals surface area contributed by atoms with Gasteiger partial charge in [0.05, 0.1) is 10.5 Å². The van der Waals surface area contributed by atoms with Gasteiger partial charge in [0.2, 0.25) is 0 Å². The summed E-state index contributed by atoms with van der Waals surface area (Å²) in [7, 11) is 0. The molecule has 1 rings (SSSR count). The molecule has 25 heavy (non-hydrogen) atoms. The Bertz CT molecular complexity index is 611. The SMILES string of the molecule is CC(C)=NNC(=O)[C@H](C)Sc1nnc(S[C@@H](C)C(=O)NN=C(C)C)s1. The maximum absolute atomic E-state index is 11.9. The lowest BCUT2D eigenvalue weighted by molar-refractivity contribution is -0.121. The molecular weight excluding hydrogens is 380 g/mol. The monoisotopic (exact) mass is 402 g/mol. The number of hydrogen-bond donors (Lipinski definition) is 2. The van der Waals surface area contributed by atoms with Crippen LogP contribution in [0.2, 0.25) is 0 Å². The summed E-state index contributed by atoms with van der Waals surface area (Å²) in [6.07, 6.45) is 0. The quantitative estimate of drug-likeness (QED) is 0.393. The van der Waals surface area contributed by atoms with Gasteiger partial charge >= 0.3 is 0 Å². The summed E-state index contributed by atoms with van der Waals surface area (Å²) >= 11 is 3.95. The molecule has 0 aliphatic heterocycles. The molecule has 0 unspecified atom stereocenters. The maximum Gasteiger partial charge on any atom is 0.253 e. The van der Waals surface area contributed by atoms with Crippen LogP contribution in [0.1, 0.15) is 41.5 Å². The van der Waals surface area contributed by atoms with E-state index >= 15 is 0 Å². The molecule has 0 fully saturated rings. The lowest BCUT2D eigenvalue weighted by Crippen LogP contribution is -2.27. The first-order valence-corrected chi connectivity index (χ1v) is 10.0. The number of amides is 2. The van der Waals surface area contributed by atoms with Crippen molar-refractivity contribution in [2.45, 2.75) is 60.7 Å². The number of hydrogen-bond acceptors (Lipinski definition) is 9. The highest BCUT2D eigenvalue weighted by Gasteiger charge is 2.20. The highest BCUT2D eigenvalue weighted by Crippen LogP contribution is 2.33. The molecule has 0 spiro atoms. The predicted octanol–water partition coefficient (Wildman–Crippen LogP) is 2.52. The van der Waals surface area contributed by atoms with E-state index in [2.05, 4.69) is 31.3 Å². The Morgan fingerprint density at radius 2 is 1.24 bits per heavy atom. The zero-order chi connectivity index (χ0) is 19.0. The third-order valence-corrected chi connectivity index (χ3v) is 5.75. The molecule has 0 bridgehead atoms. The average molecular weight is 403 g/mol. The third kappa shape index (κ3) is 8.45. The highest BCUT2D eigenvalue weighted by molar-refractivity contribution is 8.04. The second kappa shape index (κ2) is 10.5. The van der Waals surface area contributed by atoms with Gasteiger partial charge in [0, 0.05) is 11.4 Å². The van der Waals surface area contributed by atoms with Gasteiger partial charge in [-0.25, -0.2) is 10.9 Å². The molecule has 2 N–H and O–H groups in total. The molecule has 138 valence electrons. The van der Waals surface area contributed by atoms with Crippen LogP contribution >= 0.6 is 34.9 Å². The van der Waals surface area contributed by atoms with Crippen LogP contribution in [-0.4, -0.2) is 43.9 Å². The van der Waals surface area contributed by atoms with Gasteiger partial charge in [0.1, 0.15) is 0 Å². The second-order valence-corrected chi connectivity index (χ2v) is 9.58. The van der Waals surface area contributed by atoms with Crippen molar-refractivity contribution in [3.8, 4) is 0 Å². The molecule has 0 radical (unpaired) electrons. The van der Waals surface area contributed by atoms with Gasteiger partial charge in [-0.2, -0.15) is 10.2 Å². The number of nitrogens with zero attached hydrogens (tertiary/aromatic N) is 4. The van der Waals surface area contributed by atoms with E-state index in [0.717, 1.165) is 11.4 Å². The summed E-state index contributed by atoms with van der Waals surface area (Å²) in [5, 5.41) is 15.2. The smallest absolute Gasteiger partial charge is 0.253 e. The van der Waals surface area contributed by atoms with Crippen molar-refractivity contribution in [2.75, 3.05) is 0 Å². The molecule has 0 aliphatic rings. The van der Waals surface area contributed by atoms with E-state index in [4.69, 9.17) is 0 Å². The molecule has 11 heteroatoms. The topological polar surface area (TPSA) is 109 Å². The van der Waals surface area contributed by atoms with Crippen LogP contribution in [0.25, 0.3) is 0 Å². The second-order valence-electron chi connectivity index (χ2n) is 5.42. The molecule has 2 atom stereocenters. The van der Waals surface area contributed by atoms with Crippen molar-refractivity contribution in [3.05, 3.63) is 0 Å². The molecule has 0 aromatic carbocycles. The lowest BCUT2D eigenvalue weighted by atomic mass is 10.4. The largest absolute Gasteiger partial charge is 0.272 e. The van der Waals surface area contributed by atoms with Crippen molar-refractivity contribution < 1.29 is 9.59 Å². The molecule has 0 saturated carbocycles. The Hall–Kier alpha value is -1.46. The molecule has 2 amide bonds. The van der Waals surface area contributed by atoms with E-state index < -0.39 is 0 Å². The van der Waals surface area contributed by atoms with E-state index in [1.54, 1.807) is 41.5 Å². The molecule has 1 aromatic rings. The first kappa shape index (κ1) is 21.6. The Morgan fingerprint density at radius 1 is 0.880 bits per heavy atom. The Kier molecular flexibility index (Phi) is 9.08. The van der Waals surface area contributed by atoms with Gasteiger partial charge < -0.3 is 0 Å². The first-order chi connectivity index (χ1) is 11.7. The lowest BCUT2D eigenvalue weighted by Gasteiger charge is -2.07. The molecule has 1 aromatic heterocycles. The number of carbonyl (C=O) groups excluding carboxylic acids is 2. The van der Waals surface area contributed by atoms with Crippen LogP contribution < -0.4 is 10.9 Å². The summed E-state index contributed by atoms with van der Waals surface area (Å²) in [4.78, 5) is 23.8. The summed E-state index contributed by atoms with van der Waals surface area (Å²) in [5.74, 6) is -0.396. The molecule has 1 heterocycles. The summed E-state index contributed by atoms with van der Waals surface area (Å²) in [6.45, 7) is 10.8. The van der Waals surface area contributed by atoms with E-state index in [1.807, 2.05) is 0 Å². The van der Waals surface area contributed by atoms with Gasteiger partial charge in [-0.05, 0) is 41.5 Å². The van der Waals surface area contributed by atoms with Crippen molar-refractivity contribution in [2.24, 2.45) is 10.2 Å². The minimum atomic E-state index is -0.350. The third-order valence-electron chi connectivity index (χ3n) is 2.46. The minimum absolute atomic E-state index is 0.198. The van der Waals surface area contributed by atoms with E-state index in [0.29, 0.717) is 8.68 Å². The molecule has 8 nitrogen and oxygen atoms in total. The highest BCUT2D eigenvalue weighted by atomic mass is 32.2. The first-order valence-electron chi connectivity index (χ1n) is 7.47. The molecule has 0 saturated heterocycles. The van der Waals surface area contributed by atoms with Gasteiger partial charge in [0.15, 0.2) is 8.68 Å². The van der Waals surface area contributed by atoms with Crippen molar-refractivity contribution in [3.63, 3.8) is 0 Å². The fraction of sp³-hybridized carbons (Fsp3) is 0.571. The van der Waals surface area contributed by atoms with Crippen molar-refractivity contribution >= 4 is 58.1 Å². The van der Waals surface area contributed by atoms with Crippen molar-refractivity contribution in [1.82, 2.24) is 21.0 Å². The Labute approximate surface area is 159 Å². The van der Waals surface area contributed by atoms with Crippen molar-refractivity contribution in [1.29, 1.82) is 0 Å². The standard InChI is InChI=1S/C14H22N6O2S3/c1-7(2)15-17-11(21)9(5)23-13-19-20-14(25-13)24-10(6)12(22)18-16-8(3)4/h9-10H,1-6H3,(H,17,21)(H,18,22)/t9-,10-/m0/s1. The zero-order valence-corrected chi connectivity index (χ0v) is 17.4. The number of rotatable bonds is 8. The maximum atomic E-state index is 11.9. The normalized spacial score (nSPS) is 12.7. The summed E-state index contributed by atoms with van der Waals surface area (Å²) in [6, 6.07) is 0. The van der Waals surface area contributed by atoms with Gasteiger partial charge in [-0.1, -0.05) is 34.9 Å². The van der Waals surface area contributed by atoms with Crippen LogP contribution in [-0.2, 0) is 9.59 Å². The van der Waals surface area contributed by atoms with E-state index in [1.165, 1.54) is 34.9 Å².